The second-order valence-corrected chi connectivity index (χ2v) is 4.67. The number of rotatable bonds is 3. The van der Waals surface area contributed by atoms with Crippen molar-refractivity contribution >= 4 is 23.3 Å². The Morgan fingerprint density at radius 1 is 1.27 bits per heavy atom. The largest absolute Gasteiger partial charge is 0.306 e. The van der Waals surface area contributed by atoms with Crippen molar-refractivity contribution in [3.63, 3.8) is 0 Å². The first-order valence-electron chi connectivity index (χ1n) is 6.22. The molecule has 0 saturated heterocycles. The third kappa shape index (κ3) is 2.79. The quantitative estimate of drug-likeness (QED) is 0.806. The lowest BCUT2D eigenvalue weighted by molar-refractivity contribution is 0.102. The Bertz CT molecular complexity index is 802. The number of benzene rings is 1. The number of nitrogens with one attached hydrogen (secondary N) is 1. The first kappa shape index (κ1) is 14.2. The molecule has 0 aliphatic carbocycles. The van der Waals surface area contributed by atoms with Crippen LogP contribution in [0.3, 0.4) is 0 Å². The molecule has 8 heteroatoms. The highest BCUT2D eigenvalue weighted by Crippen LogP contribution is 2.20. The topological polar surface area (TPSA) is 72.7 Å². The average Bonchev–Trinajstić information content (AvgIpc) is 3.01. The second kappa shape index (κ2) is 5.90. The summed E-state index contributed by atoms with van der Waals surface area (Å²) in [5.74, 6) is -0.709. The summed E-state index contributed by atoms with van der Waals surface area (Å²) in [4.78, 5) is 20.1. The van der Waals surface area contributed by atoms with Gasteiger partial charge in [0.1, 0.15) is 18.0 Å². The SMILES string of the molecule is O=C(Nc1cc(-n2cccn2)ncn1)c1c(F)cccc1Cl. The van der Waals surface area contributed by atoms with Gasteiger partial charge in [0.25, 0.3) is 5.91 Å². The first-order valence-corrected chi connectivity index (χ1v) is 6.60. The van der Waals surface area contributed by atoms with Crippen molar-refractivity contribution in [3.05, 3.63) is 65.5 Å². The van der Waals surface area contributed by atoms with Gasteiger partial charge >= 0.3 is 0 Å². The maximum absolute atomic E-state index is 13.7. The summed E-state index contributed by atoms with van der Waals surface area (Å²) in [5, 5.41) is 6.54. The van der Waals surface area contributed by atoms with Gasteiger partial charge in [0.05, 0.1) is 10.6 Å². The minimum Gasteiger partial charge on any atom is -0.306 e. The number of anilines is 1. The molecule has 0 atom stereocenters. The van der Waals surface area contributed by atoms with Crippen LogP contribution in [0, 0.1) is 5.82 Å². The van der Waals surface area contributed by atoms with Crippen LogP contribution in [-0.4, -0.2) is 25.7 Å². The normalized spacial score (nSPS) is 10.5. The van der Waals surface area contributed by atoms with E-state index in [9.17, 15) is 9.18 Å². The molecule has 3 aromatic rings. The lowest BCUT2D eigenvalue weighted by atomic mass is 10.2. The van der Waals surface area contributed by atoms with Gasteiger partial charge in [-0.25, -0.2) is 19.0 Å². The van der Waals surface area contributed by atoms with Crippen LogP contribution in [0.15, 0.2) is 49.1 Å². The molecule has 0 bridgehead atoms. The Balaban J connectivity index is 1.87. The summed E-state index contributed by atoms with van der Waals surface area (Å²) in [6.07, 6.45) is 4.57. The van der Waals surface area contributed by atoms with Crippen molar-refractivity contribution < 1.29 is 9.18 Å². The molecule has 0 unspecified atom stereocenters. The van der Waals surface area contributed by atoms with Crippen molar-refractivity contribution in [2.24, 2.45) is 0 Å². The molecule has 0 aliphatic heterocycles. The second-order valence-electron chi connectivity index (χ2n) is 4.26. The summed E-state index contributed by atoms with van der Waals surface area (Å²) in [7, 11) is 0. The Labute approximate surface area is 129 Å². The average molecular weight is 318 g/mol. The van der Waals surface area contributed by atoms with E-state index in [1.54, 1.807) is 18.5 Å². The Morgan fingerprint density at radius 2 is 2.14 bits per heavy atom. The van der Waals surface area contributed by atoms with Crippen molar-refractivity contribution in [2.75, 3.05) is 5.32 Å². The van der Waals surface area contributed by atoms with Crippen LogP contribution in [0.5, 0.6) is 0 Å². The minimum atomic E-state index is -0.702. The fourth-order valence-electron chi connectivity index (χ4n) is 1.84. The van der Waals surface area contributed by atoms with Gasteiger partial charge in [0, 0.05) is 18.5 Å². The van der Waals surface area contributed by atoms with Crippen molar-refractivity contribution in [2.45, 2.75) is 0 Å². The number of halogens is 2. The summed E-state index contributed by atoms with van der Waals surface area (Å²) < 4.78 is 15.2. The Kier molecular flexibility index (Phi) is 3.80. The maximum atomic E-state index is 13.7. The molecule has 3 rings (SSSR count). The standard InChI is InChI=1S/C14H9ClFN5O/c15-9-3-1-4-10(16)13(9)14(22)20-11-7-12(18-8-17-11)21-6-2-5-19-21/h1-8H,(H,17,18,20,22). The van der Waals surface area contributed by atoms with E-state index in [1.807, 2.05) is 0 Å². The highest BCUT2D eigenvalue weighted by Gasteiger charge is 2.16. The number of carbonyl (C=O) groups is 1. The molecule has 22 heavy (non-hydrogen) atoms. The van der Waals surface area contributed by atoms with Crippen LogP contribution < -0.4 is 5.32 Å². The Hall–Kier alpha value is -2.80. The summed E-state index contributed by atoms with van der Waals surface area (Å²) >= 11 is 5.86. The van der Waals surface area contributed by atoms with Gasteiger partial charge in [-0.05, 0) is 18.2 Å². The van der Waals surface area contributed by atoms with Crippen LogP contribution in [0.1, 0.15) is 10.4 Å². The summed E-state index contributed by atoms with van der Waals surface area (Å²) in [6, 6.07) is 7.28. The number of hydrogen-bond donors (Lipinski definition) is 1. The summed E-state index contributed by atoms with van der Waals surface area (Å²) in [5.41, 5.74) is -0.233. The molecule has 1 N–H and O–H groups in total. The summed E-state index contributed by atoms with van der Waals surface area (Å²) in [6.45, 7) is 0. The van der Waals surface area contributed by atoms with Gasteiger partial charge in [-0.15, -0.1) is 0 Å². The van der Waals surface area contributed by atoms with E-state index in [0.717, 1.165) is 6.07 Å². The molecule has 1 amide bonds. The van der Waals surface area contributed by atoms with Crippen molar-refractivity contribution in [3.8, 4) is 5.82 Å². The van der Waals surface area contributed by atoms with E-state index in [0.29, 0.717) is 5.82 Å². The minimum absolute atomic E-state index is 0.0267. The van der Waals surface area contributed by atoms with Crippen LogP contribution >= 0.6 is 11.6 Å². The van der Waals surface area contributed by atoms with Gasteiger partial charge in [-0.3, -0.25) is 4.79 Å². The smallest absolute Gasteiger partial charge is 0.261 e. The zero-order valence-corrected chi connectivity index (χ0v) is 11.8. The lowest BCUT2D eigenvalue weighted by Gasteiger charge is -2.08. The molecule has 110 valence electrons. The van der Waals surface area contributed by atoms with Gasteiger partial charge in [-0.2, -0.15) is 5.10 Å². The Morgan fingerprint density at radius 3 is 2.86 bits per heavy atom. The molecular formula is C14H9ClFN5O. The molecule has 6 nitrogen and oxygen atoms in total. The third-order valence-electron chi connectivity index (χ3n) is 2.82. The van der Waals surface area contributed by atoms with Crippen molar-refractivity contribution in [1.82, 2.24) is 19.7 Å². The van der Waals surface area contributed by atoms with E-state index in [4.69, 9.17) is 11.6 Å². The lowest BCUT2D eigenvalue weighted by Crippen LogP contribution is -2.16. The predicted octanol–water partition coefficient (Wildman–Crippen LogP) is 2.71. The molecule has 0 fully saturated rings. The first-order chi connectivity index (χ1) is 10.6. The van der Waals surface area contributed by atoms with E-state index in [2.05, 4.69) is 20.4 Å². The number of amides is 1. The van der Waals surface area contributed by atoms with Gasteiger partial charge in [0.2, 0.25) is 0 Å². The molecule has 0 saturated carbocycles. The van der Waals surface area contributed by atoms with E-state index in [-0.39, 0.29) is 16.4 Å². The van der Waals surface area contributed by atoms with Crippen LogP contribution in [0.4, 0.5) is 10.2 Å². The number of nitrogens with zero attached hydrogens (tertiary/aromatic N) is 4. The van der Waals surface area contributed by atoms with Crippen LogP contribution in [-0.2, 0) is 0 Å². The molecule has 0 spiro atoms. The molecule has 2 heterocycles. The highest BCUT2D eigenvalue weighted by atomic mass is 35.5. The van der Waals surface area contributed by atoms with Gasteiger partial charge in [0.15, 0.2) is 5.82 Å². The predicted molar refractivity (Wildman–Crippen MR) is 78.5 cm³/mol. The van der Waals surface area contributed by atoms with E-state index >= 15 is 0 Å². The molecule has 2 aromatic heterocycles. The number of aromatic nitrogens is 4. The number of carbonyl (C=O) groups excluding carboxylic acids is 1. The maximum Gasteiger partial charge on any atom is 0.261 e. The molecule has 0 aliphatic rings. The van der Waals surface area contributed by atoms with Gasteiger partial charge in [-0.1, -0.05) is 17.7 Å². The highest BCUT2D eigenvalue weighted by molar-refractivity contribution is 6.34. The molecule has 0 radical (unpaired) electrons. The number of hydrogen-bond acceptors (Lipinski definition) is 4. The van der Waals surface area contributed by atoms with Gasteiger partial charge < -0.3 is 5.32 Å². The van der Waals surface area contributed by atoms with E-state index < -0.39 is 11.7 Å². The monoisotopic (exact) mass is 317 g/mol. The fraction of sp³-hybridized carbons (Fsp3) is 0. The third-order valence-corrected chi connectivity index (χ3v) is 3.14. The molecule has 1 aromatic carbocycles. The zero-order valence-electron chi connectivity index (χ0n) is 11.1. The van der Waals surface area contributed by atoms with Crippen LogP contribution in [0.2, 0.25) is 5.02 Å². The fourth-order valence-corrected chi connectivity index (χ4v) is 2.09. The molecular weight excluding hydrogens is 309 g/mol. The van der Waals surface area contributed by atoms with Crippen molar-refractivity contribution in [1.29, 1.82) is 0 Å². The van der Waals surface area contributed by atoms with Crippen LogP contribution in [0.25, 0.3) is 5.82 Å². The zero-order chi connectivity index (χ0) is 15.5. The van der Waals surface area contributed by atoms with E-state index in [1.165, 1.54) is 29.2 Å².